The zero-order valence-corrected chi connectivity index (χ0v) is 23.5. The van der Waals surface area contributed by atoms with Crippen molar-refractivity contribution in [2.45, 2.75) is 37.5 Å². The van der Waals surface area contributed by atoms with Gasteiger partial charge in [0.05, 0.1) is 35.2 Å². The van der Waals surface area contributed by atoms with Crippen LogP contribution in [0.3, 0.4) is 0 Å². The number of nitro groups is 1. The van der Waals surface area contributed by atoms with E-state index in [9.17, 15) is 28.4 Å². The third kappa shape index (κ3) is 6.07. The summed E-state index contributed by atoms with van der Waals surface area (Å²) in [5.74, 6) is -0.545. The van der Waals surface area contributed by atoms with Crippen LogP contribution in [0.25, 0.3) is 11.1 Å². The first-order chi connectivity index (χ1) is 19.0. The van der Waals surface area contributed by atoms with Gasteiger partial charge in [0.15, 0.2) is 0 Å². The number of amides is 1. The normalized spacial score (nSPS) is 18.9. The topological polar surface area (TPSA) is 130 Å². The Bertz CT molecular complexity index is 1480. The van der Waals surface area contributed by atoms with Crippen molar-refractivity contribution in [3.8, 4) is 11.1 Å². The first kappa shape index (κ1) is 29.3. The molecule has 3 atom stereocenters. The van der Waals surface area contributed by atoms with E-state index in [1.54, 1.807) is 17.9 Å². The van der Waals surface area contributed by atoms with Gasteiger partial charge in [-0.05, 0) is 41.8 Å². The van der Waals surface area contributed by atoms with Crippen molar-refractivity contribution in [1.29, 1.82) is 0 Å². The Kier molecular flexibility index (Phi) is 8.99. The number of aliphatic hydroxyl groups is 1. The maximum atomic E-state index is 13.9. The van der Waals surface area contributed by atoms with Crippen LogP contribution in [0.5, 0.6) is 0 Å². The van der Waals surface area contributed by atoms with Gasteiger partial charge in [0, 0.05) is 43.8 Å². The molecule has 3 aromatic carbocycles. The zero-order chi connectivity index (χ0) is 29.0. The summed E-state index contributed by atoms with van der Waals surface area (Å²) in [5, 5.41) is 21.0. The fourth-order valence-corrected chi connectivity index (χ4v) is 6.01. The van der Waals surface area contributed by atoms with Crippen molar-refractivity contribution in [3.63, 3.8) is 0 Å². The van der Waals surface area contributed by atoms with E-state index in [0.717, 1.165) is 33.1 Å². The number of sulfonamides is 1. The molecule has 40 heavy (non-hydrogen) atoms. The van der Waals surface area contributed by atoms with Gasteiger partial charge in [-0.15, -0.1) is 0 Å². The number of likely N-dealkylation sites (N-methyl/N-ethyl adjacent to an activating group) is 1. The Balaban J connectivity index is 1.70. The molecule has 1 aliphatic heterocycles. The van der Waals surface area contributed by atoms with Crippen molar-refractivity contribution in [2.75, 3.05) is 26.7 Å². The summed E-state index contributed by atoms with van der Waals surface area (Å²) in [6.07, 6.45) is -0.617. The minimum Gasteiger partial charge on any atom is -0.394 e. The van der Waals surface area contributed by atoms with Crippen LogP contribution in [0.15, 0.2) is 77.7 Å². The molecule has 0 saturated carbocycles. The number of non-ortho nitro benzene ring substituents is 1. The Morgan fingerprint density at radius 2 is 1.65 bits per heavy atom. The number of hydrogen-bond donors (Lipinski definition) is 1. The molecule has 1 N–H and O–H groups in total. The maximum Gasteiger partial charge on any atom is 0.269 e. The minimum absolute atomic E-state index is 0.0227. The van der Waals surface area contributed by atoms with Gasteiger partial charge in [-0.3, -0.25) is 14.9 Å². The van der Waals surface area contributed by atoms with Crippen molar-refractivity contribution in [2.24, 2.45) is 5.92 Å². The van der Waals surface area contributed by atoms with E-state index in [-0.39, 0.29) is 48.7 Å². The number of fused-ring (bicyclic) bond motifs is 3. The van der Waals surface area contributed by atoms with Crippen LogP contribution >= 0.6 is 0 Å². The average Bonchev–Trinajstić information content (AvgIpc) is 2.98. The standard InChI is InChI=1S/C29H33N3O7S/c1-20-16-31(21(2)18-33)29(34)27-11-7-6-10-26(27)25-9-5-4-8-22(25)19-39-28(20)17-30(3)40(37,38)24-14-12-23(13-15-24)32(35)36/h4-15,20-21,28,33H,16-19H2,1-3H3/t20-,21+,28+/m1/s1. The summed E-state index contributed by atoms with van der Waals surface area (Å²) in [5.41, 5.74) is 2.75. The van der Waals surface area contributed by atoms with E-state index in [0.29, 0.717) is 5.56 Å². The fourth-order valence-electron chi connectivity index (χ4n) is 4.82. The van der Waals surface area contributed by atoms with Crippen LogP contribution in [-0.2, 0) is 21.4 Å². The predicted molar refractivity (Wildman–Crippen MR) is 150 cm³/mol. The smallest absolute Gasteiger partial charge is 0.269 e. The van der Waals surface area contributed by atoms with E-state index in [2.05, 4.69) is 0 Å². The fraction of sp³-hybridized carbons (Fsp3) is 0.345. The lowest BCUT2D eigenvalue weighted by Crippen LogP contribution is -2.47. The molecule has 1 heterocycles. The van der Waals surface area contributed by atoms with Gasteiger partial charge >= 0.3 is 0 Å². The third-order valence-electron chi connectivity index (χ3n) is 7.29. The monoisotopic (exact) mass is 567 g/mol. The Labute approximate surface area is 234 Å². The van der Waals surface area contributed by atoms with Gasteiger partial charge in [-0.1, -0.05) is 49.4 Å². The second-order valence-corrected chi connectivity index (χ2v) is 12.1. The number of nitro benzene ring substituents is 1. The van der Waals surface area contributed by atoms with Gasteiger partial charge in [-0.25, -0.2) is 8.42 Å². The molecule has 212 valence electrons. The molecule has 0 spiro atoms. The molecule has 0 fully saturated rings. The van der Waals surface area contributed by atoms with Gasteiger partial charge in [0.1, 0.15) is 0 Å². The maximum absolute atomic E-state index is 13.9. The highest BCUT2D eigenvalue weighted by Gasteiger charge is 2.33. The van der Waals surface area contributed by atoms with Crippen molar-refractivity contribution < 1.29 is 28.0 Å². The second-order valence-electron chi connectivity index (χ2n) is 10.1. The molecular weight excluding hydrogens is 534 g/mol. The summed E-state index contributed by atoms with van der Waals surface area (Å²) >= 11 is 0. The van der Waals surface area contributed by atoms with E-state index >= 15 is 0 Å². The molecule has 3 aromatic rings. The molecule has 0 radical (unpaired) electrons. The van der Waals surface area contributed by atoms with Crippen LogP contribution in [0.4, 0.5) is 5.69 Å². The predicted octanol–water partition coefficient (Wildman–Crippen LogP) is 3.94. The molecule has 0 aliphatic carbocycles. The Hall–Kier alpha value is -3.64. The lowest BCUT2D eigenvalue weighted by atomic mass is 9.94. The summed E-state index contributed by atoms with van der Waals surface area (Å²) < 4.78 is 34.2. The van der Waals surface area contributed by atoms with Crippen LogP contribution in [0.1, 0.15) is 29.8 Å². The molecule has 0 aromatic heterocycles. The number of hydrogen-bond acceptors (Lipinski definition) is 7. The van der Waals surface area contributed by atoms with E-state index < -0.39 is 27.1 Å². The van der Waals surface area contributed by atoms with E-state index in [1.165, 1.54) is 19.2 Å². The SMILES string of the molecule is C[C@@H]1CN([C@@H](C)CO)C(=O)c2ccccc2-c2ccccc2CO[C@H]1CN(C)S(=O)(=O)c1ccc([N+](=O)[O-])cc1. The van der Waals surface area contributed by atoms with Gasteiger partial charge in [0.25, 0.3) is 11.6 Å². The van der Waals surface area contributed by atoms with Gasteiger partial charge in [-0.2, -0.15) is 4.31 Å². The number of nitrogens with zero attached hydrogens (tertiary/aromatic N) is 3. The number of rotatable bonds is 7. The van der Waals surface area contributed by atoms with Crippen LogP contribution < -0.4 is 0 Å². The highest BCUT2D eigenvalue weighted by atomic mass is 32.2. The van der Waals surface area contributed by atoms with E-state index in [4.69, 9.17) is 4.74 Å². The first-order valence-corrected chi connectivity index (χ1v) is 14.4. The third-order valence-corrected chi connectivity index (χ3v) is 9.12. The molecule has 1 amide bonds. The molecule has 11 heteroatoms. The average molecular weight is 568 g/mol. The van der Waals surface area contributed by atoms with Crippen LogP contribution in [-0.4, -0.2) is 72.4 Å². The Morgan fingerprint density at radius 1 is 1.05 bits per heavy atom. The number of aliphatic hydroxyl groups excluding tert-OH is 1. The molecule has 0 saturated heterocycles. The molecule has 1 aliphatic rings. The van der Waals surface area contributed by atoms with Crippen LogP contribution in [0.2, 0.25) is 0 Å². The zero-order valence-electron chi connectivity index (χ0n) is 22.6. The highest BCUT2D eigenvalue weighted by Crippen LogP contribution is 2.31. The summed E-state index contributed by atoms with van der Waals surface area (Å²) in [6.45, 7) is 3.80. The summed E-state index contributed by atoms with van der Waals surface area (Å²) in [6, 6.07) is 19.2. The molecule has 0 bridgehead atoms. The number of carbonyl (C=O) groups excluding carboxylic acids is 1. The number of benzene rings is 3. The lowest BCUT2D eigenvalue weighted by Gasteiger charge is -2.35. The minimum atomic E-state index is -3.99. The molecule has 10 nitrogen and oxygen atoms in total. The summed E-state index contributed by atoms with van der Waals surface area (Å²) in [4.78, 5) is 25.8. The van der Waals surface area contributed by atoms with Crippen molar-refractivity contribution in [1.82, 2.24) is 9.21 Å². The largest absolute Gasteiger partial charge is 0.394 e. The second kappa shape index (κ2) is 12.3. The lowest BCUT2D eigenvalue weighted by molar-refractivity contribution is -0.384. The quantitative estimate of drug-likeness (QED) is 0.338. The van der Waals surface area contributed by atoms with Gasteiger partial charge in [0.2, 0.25) is 10.0 Å². The number of ether oxygens (including phenoxy) is 1. The van der Waals surface area contributed by atoms with Crippen LogP contribution in [0, 0.1) is 16.0 Å². The van der Waals surface area contributed by atoms with Gasteiger partial charge < -0.3 is 14.7 Å². The summed E-state index contributed by atoms with van der Waals surface area (Å²) in [7, 11) is -2.56. The highest BCUT2D eigenvalue weighted by molar-refractivity contribution is 7.89. The van der Waals surface area contributed by atoms with E-state index in [1.807, 2.05) is 49.4 Å². The van der Waals surface area contributed by atoms with Crippen molar-refractivity contribution in [3.05, 3.63) is 94.0 Å². The molecule has 4 rings (SSSR count). The first-order valence-electron chi connectivity index (χ1n) is 13.0. The Morgan fingerprint density at radius 3 is 2.27 bits per heavy atom. The number of carbonyl (C=O) groups is 1. The molecule has 0 unspecified atom stereocenters. The molecular formula is C29H33N3O7S. The van der Waals surface area contributed by atoms with Crippen molar-refractivity contribution >= 4 is 21.6 Å².